The average molecular weight is 340 g/mol. The van der Waals surface area contributed by atoms with Crippen molar-refractivity contribution in [2.45, 2.75) is 25.7 Å². The number of hydrogen-bond acceptors (Lipinski definition) is 3. The minimum absolute atomic E-state index is 0.114. The van der Waals surface area contributed by atoms with Crippen molar-refractivity contribution in [1.29, 1.82) is 0 Å². The second-order valence-electron chi connectivity index (χ2n) is 5.42. The van der Waals surface area contributed by atoms with Gasteiger partial charge >= 0.3 is 5.97 Å². The molecule has 0 amide bonds. The summed E-state index contributed by atoms with van der Waals surface area (Å²) in [5.74, 6) is -1.38. The van der Waals surface area contributed by atoms with Crippen molar-refractivity contribution < 1.29 is 18.3 Å². The van der Waals surface area contributed by atoms with Crippen molar-refractivity contribution in [2.24, 2.45) is 5.41 Å². The normalized spacial score (nSPS) is 12.4. The maximum atomic E-state index is 12.2. The molecule has 0 aliphatic heterocycles. The fourth-order valence-electron chi connectivity index (χ4n) is 1.33. The molecule has 0 fully saturated rings. The predicted octanol–water partition coefficient (Wildman–Crippen LogP) is 3.02. The molecular weight excluding hydrogens is 325 g/mol. The standard InChI is InChI=1S/C12H15Cl2NO4S/c1-12(2,3)6-15-20(18,19)8-5-4-7(13)9(10(8)14)11(16)17/h4-5,15H,6H2,1-3H3,(H,16,17). The second-order valence-corrected chi connectivity index (χ2v) is 7.95. The summed E-state index contributed by atoms with van der Waals surface area (Å²) in [5, 5.41) is 8.50. The molecule has 20 heavy (non-hydrogen) atoms. The summed E-state index contributed by atoms with van der Waals surface area (Å²) in [7, 11) is -3.90. The lowest BCUT2D eigenvalue weighted by Gasteiger charge is -2.19. The summed E-state index contributed by atoms with van der Waals surface area (Å²) in [6.45, 7) is 5.78. The van der Waals surface area contributed by atoms with Crippen LogP contribution in [0.4, 0.5) is 0 Å². The SMILES string of the molecule is CC(C)(C)CNS(=O)(=O)c1ccc(Cl)c(C(=O)O)c1Cl. The molecule has 1 aromatic rings. The average Bonchev–Trinajstić information content (AvgIpc) is 2.24. The monoisotopic (exact) mass is 339 g/mol. The van der Waals surface area contributed by atoms with E-state index in [0.717, 1.165) is 0 Å². The van der Waals surface area contributed by atoms with E-state index in [1.807, 2.05) is 20.8 Å². The first-order chi connectivity index (χ1) is 8.96. The molecule has 0 unspecified atom stereocenters. The molecule has 1 rings (SSSR count). The number of carbonyl (C=O) groups is 1. The molecule has 1 aromatic carbocycles. The molecule has 0 atom stereocenters. The third kappa shape index (κ3) is 4.09. The Kier molecular flexibility index (Phi) is 5.08. The maximum absolute atomic E-state index is 12.2. The molecule has 0 aromatic heterocycles. The van der Waals surface area contributed by atoms with Crippen LogP contribution in [0, 0.1) is 5.41 Å². The minimum Gasteiger partial charge on any atom is -0.478 e. The summed E-state index contributed by atoms with van der Waals surface area (Å²) < 4.78 is 26.7. The lowest BCUT2D eigenvalue weighted by Crippen LogP contribution is -2.32. The van der Waals surface area contributed by atoms with E-state index >= 15 is 0 Å². The van der Waals surface area contributed by atoms with Crippen LogP contribution < -0.4 is 4.72 Å². The fraction of sp³-hybridized carbons (Fsp3) is 0.417. The van der Waals surface area contributed by atoms with Gasteiger partial charge in [-0.3, -0.25) is 0 Å². The first kappa shape index (κ1) is 17.2. The van der Waals surface area contributed by atoms with E-state index in [2.05, 4.69) is 4.72 Å². The molecule has 0 bridgehead atoms. The second kappa shape index (κ2) is 5.89. The molecule has 8 heteroatoms. The van der Waals surface area contributed by atoms with Gasteiger partial charge in [0.25, 0.3) is 0 Å². The number of carboxylic acid groups (broad SMARTS) is 1. The molecule has 0 saturated heterocycles. The van der Waals surface area contributed by atoms with Crippen LogP contribution >= 0.6 is 23.2 Å². The first-order valence-electron chi connectivity index (χ1n) is 5.67. The van der Waals surface area contributed by atoms with Crippen LogP contribution in [0.2, 0.25) is 10.0 Å². The number of nitrogens with one attached hydrogen (secondary N) is 1. The van der Waals surface area contributed by atoms with Crippen LogP contribution in [-0.2, 0) is 10.0 Å². The first-order valence-corrected chi connectivity index (χ1v) is 7.90. The van der Waals surface area contributed by atoms with E-state index in [0.29, 0.717) is 0 Å². The van der Waals surface area contributed by atoms with Gasteiger partial charge in [-0.1, -0.05) is 44.0 Å². The minimum atomic E-state index is -3.90. The number of sulfonamides is 1. The highest BCUT2D eigenvalue weighted by molar-refractivity contribution is 7.89. The smallest absolute Gasteiger partial charge is 0.338 e. The van der Waals surface area contributed by atoms with Crippen LogP contribution in [0.15, 0.2) is 17.0 Å². The Morgan fingerprint density at radius 2 is 1.85 bits per heavy atom. The van der Waals surface area contributed by atoms with Gasteiger partial charge in [0.1, 0.15) is 4.90 Å². The zero-order chi connectivity index (χ0) is 15.7. The molecule has 5 nitrogen and oxygen atoms in total. The Hall–Kier alpha value is -0.820. The zero-order valence-corrected chi connectivity index (χ0v) is 13.5. The van der Waals surface area contributed by atoms with E-state index in [-0.39, 0.29) is 21.9 Å². The van der Waals surface area contributed by atoms with Gasteiger partial charge < -0.3 is 5.11 Å². The number of halogens is 2. The third-order valence-electron chi connectivity index (χ3n) is 2.35. The van der Waals surface area contributed by atoms with Crippen LogP contribution in [0.5, 0.6) is 0 Å². The van der Waals surface area contributed by atoms with E-state index in [1.165, 1.54) is 12.1 Å². The van der Waals surface area contributed by atoms with E-state index < -0.39 is 26.6 Å². The van der Waals surface area contributed by atoms with Crippen molar-refractivity contribution >= 4 is 39.2 Å². The molecular formula is C12H15Cl2NO4S. The largest absolute Gasteiger partial charge is 0.478 e. The van der Waals surface area contributed by atoms with Gasteiger partial charge in [-0.2, -0.15) is 0 Å². The molecule has 0 radical (unpaired) electrons. The van der Waals surface area contributed by atoms with E-state index in [9.17, 15) is 13.2 Å². The molecule has 0 aliphatic carbocycles. The molecule has 112 valence electrons. The van der Waals surface area contributed by atoms with Crippen molar-refractivity contribution in [3.05, 3.63) is 27.7 Å². The number of hydrogen-bond donors (Lipinski definition) is 2. The summed E-state index contributed by atoms with van der Waals surface area (Å²) >= 11 is 11.6. The Bertz CT molecular complexity index is 636. The fourth-order valence-corrected chi connectivity index (χ4v) is 3.53. The van der Waals surface area contributed by atoms with Gasteiger partial charge in [-0.15, -0.1) is 0 Å². The maximum Gasteiger partial charge on any atom is 0.338 e. The topological polar surface area (TPSA) is 83.5 Å². The Labute approximate surface area is 127 Å². The zero-order valence-electron chi connectivity index (χ0n) is 11.2. The van der Waals surface area contributed by atoms with Gasteiger partial charge in [0.2, 0.25) is 10.0 Å². The van der Waals surface area contributed by atoms with Crippen molar-refractivity contribution in [2.75, 3.05) is 6.54 Å². The van der Waals surface area contributed by atoms with Crippen molar-refractivity contribution in [3.8, 4) is 0 Å². The highest BCUT2D eigenvalue weighted by atomic mass is 35.5. The highest BCUT2D eigenvalue weighted by Gasteiger charge is 2.25. The lowest BCUT2D eigenvalue weighted by molar-refractivity contribution is 0.0697. The van der Waals surface area contributed by atoms with Crippen LogP contribution in [0.25, 0.3) is 0 Å². The predicted molar refractivity (Wildman–Crippen MR) is 78.1 cm³/mol. The summed E-state index contributed by atoms with van der Waals surface area (Å²) in [5.41, 5.74) is -0.686. The van der Waals surface area contributed by atoms with Gasteiger partial charge in [0.05, 0.1) is 15.6 Å². The van der Waals surface area contributed by atoms with Gasteiger partial charge in [0, 0.05) is 6.54 Å². The molecule has 0 saturated carbocycles. The van der Waals surface area contributed by atoms with E-state index in [1.54, 1.807) is 0 Å². The third-order valence-corrected chi connectivity index (χ3v) is 4.61. The number of carboxylic acids is 1. The van der Waals surface area contributed by atoms with Gasteiger partial charge in [-0.25, -0.2) is 17.9 Å². The molecule has 0 heterocycles. The summed E-state index contributed by atoms with van der Waals surface area (Å²) in [4.78, 5) is 10.8. The highest BCUT2D eigenvalue weighted by Crippen LogP contribution is 2.31. The molecule has 0 spiro atoms. The van der Waals surface area contributed by atoms with Crippen molar-refractivity contribution in [1.82, 2.24) is 4.72 Å². The Morgan fingerprint density at radius 3 is 2.30 bits per heavy atom. The number of aromatic carboxylic acids is 1. The van der Waals surface area contributed by atoms with Crippen LogP contribution in [0.1, 0.15) is 31.1 Å². The summed E-state index contributed by atoms with van der Waals surface area (Å²) in [6, 6.07) is 2.38. The van der Waals surface area contributed by atoms with Gasteiger partial charge in [0.15, 0.2) is 0 Å². The van der Waals surface area contributed by atoms with Crippen LogP contribution in [-0.4, -0.2) is 26.0 Å². The van der Waals surface area contributed by atoms with Gasteiger partial charge in [-0.05, 0) is 17.5 Å². The van der Waals surface area contributed by atoms with E-state index in [4.69, 9.17) is 28.3 Å². The molecule has 0 aliphatic rings. The summed E-state index contributed by atoms with van der Waals surface area (Å²) in [6.07, 6.45) is 0. The Morgan fingerprint density at radius 1 is 1.30 bits per heavy atom. The molecule has 2 N–H and O–H groups in total. The van der Waals surface area contributed by atoms with Crippen LogP contribution in [0.3, 0.4) is 0 Å². The number of benzene rings is 1. The lowest BCUT2D eigenvalue weighted by atomic mass is 9.98. The number of rotatable bonds is 4. The quantitative estimate of drug-likeness (QED) is 0.882. The Balaban J connectivity index is 3.27. The van der Waals surface area contributed by atoms with Crippen molar-refractivity contribution in [3.63, 3.8) is 0 Å².